The van der Waals surface area contributed by atoms with Gasteiger partial charge in [0.15, 0.2) is 11.6 Å². The van der Waals surface area contributed by atoms with E-state index in [0.29, 0.717) is 11.4 Å². The predicted octanol–water partition coefficient (Wildman–Crippen LogP) is 3.32. The molecule has 4 aromatic heterocycles. The Morgan fingerprint density at radius 3 is 2.70 bits per heavy atom. The van der Waals surface area contributed by atoms with Gasteiger partial charge >= 0.3 is 0 Å². The lowest BCUT2D eigenvalue weighted by atomic mass is 9.76. The second-order valence-corrected chi connectivity index (χ2v) is 9.41. The van der Waals surface area contributed by atoms with E-state index in [4.69, 9.17) is 4.98 Å². The van der Waals surface area contributed by atoms with E-state index >= 15 is 0 Å². The van der Waals surface area contributed by atoms with Gasteiger partial charge in [0.2, 0.25) is 0 Å². The zero-order valence-corrected chi connectivity index (χ0v) is 18.8. The fraction of sp³-hybridized carbons (Fsp3) is 0.360. The van der Waals surface area contributed by atoms with Crippen molar-refractivity contribution in [3.05, 3.63) is 76.0 Å². The van der Waals surface area contributed by atoms with Crippen molar-refractivity contribution in [2.24, 2.45) is 12.5 Å². The van der Waals surface area contributed by atoms with Gasteiger partial charge in [-0.1, -0.05) is 6.07 Å². The first kappa shape index (κ1) is 20.1. The van der Waals surface area contributed by atoms with Gasteiger partial charge in [-0.25, -0.2) is 13.9 Å². The maximum absolute atomic E-state index is 14.9. The Balaban J connectivity index is 1.34. The molecule has 8 heteroatoms. The first-order valence-electron chi connectivity index (χ1n) is 11.3. The Kier molecular flexibility index (Phi) is 4.40. The number of hydrogen-bond acceptors (Lipinski definition) is 5. The molecule has 5 heterocycles. The van der Waals surface area contributed by atoms with E-state index in [1.54, 1.807) is 23.0 Å². The summed E-state index contributed by atoms with van der Waals surface area (Å²) in [5, 5.41) is 4.47. The number of nitrogens with zero attached hydrogens (tertiary/aromatic N) is 6. The van der Waals surface area contributed by atoms with Crippen LogP contribution in [-0.2, 0) is 19.9 Å². The van der Waals surface area contributed by atoms with E-state index in [9.17, 15) is 9.18 Å². The summed E-state index contributed by atoms with van der Waals surface area (Å²) in [6.07, 6.45) is 9.47. The molecule has 1 aliphatic carbocycles. The van der Waals surface area contributed by atoms with E-state index in [2.05, 4.69) is 21.0 Å². The van der Waals surface area contributed by atoms with E-state index in [-0.39, 0.29) is 11.0 Å². The summed E-state index contributed by atoms with van der Waals surface area (Å²) in [5.41, 5.74) is 4.46. The van der Waals surface area contributed by atoms with E-state index in [1.807, 2.05) is 25.3 Å². The Hall–Kier alpha value is -3.55. The molecule has 4 aromatic rings. The molecule has 6 rings (SSSR count). The smallest absolute Gasteiger partial charge is 0.286 e. The average molecular weight is 445 g/mol. The van der Waals surface area contributed by atoms with Crippen molar-refractivity contribution < 1.29 is 4.39 Å². The van der Waals surface area contributed by atoms with Crippen LogP contribution in [0.3, 0.4) is 0 Å². The molecule has 33 heavy (non-hydrogen) atoms. The number of aromatic nitrogens is 5. The summed E-state index contributed by atoms with van der Waals surface area (Å²) in [6, 6.07) is 7.75. The maximum Gasteiger partial charge on any atom is 0.286 e. The number of rotatable bonds is 2. The molecule has 1 fully saturated rings. The maximum atomic E-state index is 14.9. The number of piperidine rings is 1. The molecule has 1 spiro atoms. The third-order valence-electron chi connectivity index (χ3n) is 7.38. The molecule has 0 atom stereocenters. The van der Waals surface area contributed by atoms with Crippen molar-refractivity contribution in [3.8, 4) is 11.3 Å². The number of fused-ring (bicyclic) bond motifs is 2. The van der Waals surface area contributed by atoms with Crippen molar-refractivity contribution in [2.75, 3.05) is 18.0 Å². The third-order valence-corrected chi connectivity index (χ3v) is 7.38. The molecule has 0 aromatic carbocycles. The van der Waals surface area contributed by atoms with Crippen molar-refractivity contribution in [1.29, 1.82) is 0 Å². The minimum absolute atomic E-state index is 0.220. The standard InChI is InChI=1S/C25H25FN6O/c1-16-22(18-6-11-30(2)24(33)21(18)26)32-20(5-10-28-32)23(29-16)31-12-7-25(8-13-31)14-17-4-3-9-27-19(17)15-25/h3-6,9-11H,7-8,12-15H2,1-2H3. The molecule has 2 aliphatic rings. The minimum atomic E-state index is -0.788. The highest BCUT2D eigenvalue weighted by Gasteiger charge is 2.41. The SMILES string of the molecule is Cc1nc(N2CCC3(CC2)Cc2cccnc2C3)c2ccnn2c1-c1ccn(C)c(=O)c1F. The van der Waals surface area contributed by atoms with Gasteiger partial charge in [0.05, 0.1) is 17.6 Å². The van der Waals surface area contributed by atoms with Crippen molar-refractivity contribution >= 4 is 11.3 Å². The van der Waals surface area contributed by atoms with Crippen LogP contribution in [0.25, 0.3) is 16.8 Å². The molecule has 7 nitrogen and oxygen atoms in total. The second-order valence-electron chi connectivity index (χ2n) is 9.41. The van der Waals surface area contributed by atoms with Crippen molar-refractivity contribution in [1.82, 2.24) is 24.1 Å². The monoisotopic (exact) mass is 444 g/mol. The minimum Gasteiger partial charge on any atom is -0.355 e. The van der Waals surface area contributed by atoms with Crippen LogP contribution >= 0.6 is 0 Å². The van der Waals surface area contributed by atoms with Gasteiger partial charge in [-0.05, 0) is 61.8 Å². The summed E-state index contributed by atoms with van der Waals surface area (Å²) in [7, 11) is 1.54. The molecular weight excluding hydrogens is 419 g/mol. The normalized spacial score (nSPS) is 17.1. The summed E-state index contributed by atoms with van der Waals surface area (Å²) in [4.78, 5) is 24.0. The Morgan fingerprint density at radius 1 is 1.09 bits per heavy atom. The summed E-state index contributed by atoms with van der Waals surface area (Å²) < 4.78 is 17.8. The highest BCUT2D eigenvalue weighted by Crippen LogP contribution is 2.44. The van der Waals surface area contributed by atoms with Gasteiger partial charge in [-0.15, -0.1) is 0 Å². The zero-order chi connectivity index (χ0) is 22.7. The van der Waals surface area contributed by atoms with Gasteiger partial charge in [-0.2, -0.15) is 5.10 Å². The average Bonchev–Trinajstić information content (AvgIpc) is 3.43. The molecule has 168 valence electrons. The van der Waals surface area contributed by atoms with Crippen LogP contribution in [0.4, 0.5) is 10.2 Å². The molecule has 0 radical (unpaired) electrons. The third kappa shape index (κ3) is 3.08. The van der Waals surface area contributed by atoms with Gasteiger partial charge in [0.1, 0.15) is 5.52 Å². The molecule has 0 amide bonds. The first-order chi connectivity index (χ1) is 16.0. The zero-order valence-electron chi connectivity index (χ0n) is 18.8. The van der Waals surface area contributed by atoms with Gasteiger partial charge < -0.3 is 9.47 Å². The van der Waals surface area contributed by atoms with E-state index < -0.39 is 11.4 Å². The Bertz CT molecular complexity index is 1420. The molecule has 1 aliphatic heterocycles. The Labute approximate surface area is 190 Å². The molecular formula is C25H25FN6O. The summed E-state index contributed by atoms with van der Waals surface area (Å²) in [6.45, 7) is 3.66. The van der Waals surface area contributed by atoms with Crippen LogP contribution in [0.15, 0.2) is 47.7 Å². The van der Waals surface area contributed by atoms with Crippen LogP contribution in [0, 0.1) is 18.2 Å². The van der Waals surface area contributed by atoms with Gasteiger partial charge in [0.25, 0.3) is 5.56 Å². The quantitative estimate of drug-likeness (QED) is 0.475. The number of hydrogen-bond donors (Lipinski definition) is 0. The number of anilines is 1. The lowest BCUT2D eigenvalue weighted by Gasteiger charge is -2.40. The highest BCUT2D eigenvalue weighted by molar-refractivity contribution is 5.75. The molecule has 0 saturated carbocycles. The van der Waals surface area contributed by atoms with Crippen LogP contribution < -0.4 is 10.5 Å². The van der Waals surface area contributed by atoms with E-state index in [0.717, 1.165) is 50.1 Å². The Morgan fingerprint density at radius 2 is 1.91 bits per heavy atom. The van der Waals surface area contributed by atoms with Crippen molar-refractivity contribution in [3.63, 3.8) is 0 Å². The predicted molar refractivity (Wildman–Crippen MR) is 124 cm³/mol. The topological polar surface area (TPSA) is 68.3 Å². The molecule has 0 unspecified atom stereocenters. The van der Waals surface area contributed by atoms with Gasteiger partial charge in [-0.3, -0.25) is 9.78 Å². The number of aryl methyl sites for hydroxylation is 2. The fourth-order valence-electron chi connectivity index (χ4n) is 5.55. The summed E-state index contributed by atoms with van der Waals surface area (Å²) >= 11 is 0. The van der Waals surface area contributed by atoms with Crippen LogP contribution in [0.2, 0.25) is 0 Å². The van der Waals surface area contributed by atoms with Crippen LogP contribution in [0.5, 0.6) is 0 Å². The number of pyridine rings is 2. The lowest BCUT2D eigenvalue weighted by Crippen LogP contribution is -2.41. The molecule has 0 bridgehead atoms. The van der Waals surface area contributed by atoms with Crippen LogP contribution in [-0.4, -0.2) is 37.2 Å². The highest BCUT2D eigenvalue weighted by atomic mass is 19.1. The fourth-order valence-corrected chi connectivity index (χ4v) is 5.55. The second kappa shape index (κ2) is 7.23. The van der Waals surface area contributed by atoms with Crippen LogP contribution in [0.1, 0.15) is 29.8 Å². The summed E-state index contributed by atoms with van der Waals surface area (Å²) in [5.74, 6) is 0.0743. The largest absolute Gasteiger partial charge is 0.355 e. The molecule has 0 N–H and O–H groups in total. The first-order valence-corrected chi connectivity index (χ1v) is 11.3. The van der Waals surface area contributed by atoms with Gasteiger partial charge in [0, 0.05) is 43.8 Å². The van der Waals surface area contributed by atoms with Crippen molar-refractivity contribution in [2.45, 2.75) is 32.6 Å². The van der Waals surface area contributed by atoms with E-state index in [1.165, 1.54) is 22.9 Å². The number of halogens is 1. The molecule has 1 saturated heterocycles. The lowest BCUT2D eigenvalue weighted by molar-refractivity contribution is 0.231.